The van der Waals surface area contributed by atoms with Crippen molar-refractivity contribution in [3.8, 4) is 0 Å². The van der Waals surface area contributed by atoms with E-state index in [4.69, 9.17) is 10.2 Å². The van der Waals surface area contributed by atoms with E-state index >= 15 is 0 Å². The first-order chi connectivity index (χ1) is 6.17. The Kier molecular flexibility index (Phi) is 4.16. The molecule has 0 aromatic rings. The van der Waals surface area contributed by atoms with Crippen molar-refractivity contribution in [2.45, 2.75) is 38.8 Å². The Balaban J connectivity index is 2.38. The minimum absolute atomic E-state index is 0.210. The molecule has 0 aliphatic heterocycles. The van der Waals surface area contributed by atoms with Gasteiger partial charge in [-0.25, -0.2) is 0 Å². The van der Waals surface area contributed by atoms with Crippen LogP contribution in [0.25, 0.3) is 0 Å². The van der Waals surface area contributed by atoms with Crippen LogP contribution < -0.4 is 5.32 Å². The minimum Gasteiger partial charge on any atom is -0.396 e. The van der Waals surface area contributed by atoms with Gasteiger partial charge in [0.2, 0.25) is 0 Å². The van der Waals surface area contributed by atoms with Gasteiger partial charge in [-0.15, -0.1) is 0 Å². The number of nitrogens with one attached hydrogen (secondary N) is 1. The van der Waals surface area contributed by atoms with E-state index in [1.807, 2.05) is 0 Å². The predicted molar refractivity (Wildman–Crippen MR) is 52.4 cm³/mol. The third-order valence-corrected chi connectivity index (χ3v) is 2.88. The zero-order valence-electron chi connectivity index (χ0n) is 8.53. The molecular formula is C10H21NO2. The molecule has 0 saturated heterocycles. The lowest BCUT2D eigenvalue weighted by atomic mass is 9.98. The molecule has 1 aliphatic rings. The third-order valence-electron chi connectivity index (χ3n) is 2.88. The molecule has 0 spiro atoms. The second-order valence-corrected chi connectivity index (χ2v) is 4.38. The molecule has 0 aromatic carbocycles. The van der Waals surface area contributed by atoms with E-state index in [2.05, 4.69) is 19.2 Å². The highest BCUT2D eigenvalue weighted by molar-refractivity contribution is 4.87. The van der Waals surface area contributed by atoms with Crippen LogP contribution in [-0.2, 0) is 0 Å². The molecule has 3 atom stereocenters. The summed E-state index contributed by atoms with van der Waals surface area (Å²) in [6.07, 6.45) is 2.00. The van der Waals surface area contributed by atoms with E-state index in [0.29, 0.717) is 23.9 Å². The van der Waals surface area contributed by atoms with E-state index in [1.165, 1.54) is 0 Å². The number of hydrogen-bond acceptors (Lipinski definition) is 3. The summed E-state index contributed by atoms with van der Waals surface area (Å²) < 4.78 is 0. The van der Waals surface area contributed by atoms with Crippen LogP contribution in [0.1, 0.15) is 26.7 Å². The topological polar surface area (TPSA) is 52.5 Å². The molecule has 1 fully saturated rings. The quantitative estimate of drug-likeness (QED) is 0.596. The molecule has 3 N–H and O–H groups in total. The van der Waals surface area contributed by atoms with E-state index in [0.717, 1.165) is 12.8 Å². The normalized spacial score (nSPS) is 34.4. The van der Waals surface area contributed by atoms with E-state index in [1.54, 1.807) is 0 Å². The van der Waals surface area contributed by atoms with Gasteiger partial charge in [-0.1, -0.05) is 13.8 Å². The molecule has 0 bridgehead atoms. The van der Waals surface area contributed by atoms with Crippen molar-refractivity contribution in [1.29, 1.82) is 0 Å². The highest BCUT2D eigenvalue weighted by Gasteiger charge is 2.33. The molecule has 0 aromatic heterocycles. The van der Waals surface area contributed by atoms with Gasteiger partial charge in [0, 0.05) is 25.3 Å². The van der Waals surface area contributed by atoms with Crippen LogP contribution in [0.2, 0.25) is 0 Å². The zero-order chi connectivity index (χ0) is 9.84. The maximum absolute atomic E-state index is 9.08. The van der Waals surface area contributed by atoms with Gasteiger partial charge in [-0.05, 0) is 24.7 Å². The number of hydrogen-bond donors (Lipinski definition) is 3. The van der Waals surface area contributed by atoms with Gasteiger partial charge in [-0.3, -0.25) is 0 Å². The van der Waals surface area contributed by atoms with Gasteiger partial charge < -0.3 is 15.5 Å². The summed E-state index contributed by atoms with van der Waals surface area (Å²) >= 11 is 0. The van der Waals surface area contributed by atoms with Crippen LogP contribution in [-0.4, -0.2) is 35.5 Å². The molecule has 1 unspecified atom stereocenters. The Hall–Kier alpha value is -0.120. The average Bonchev–Trinajstić information content (AvgIpc) is 2.45. The highest BCUT2D eigenvalue weighted by Crippen LogP contribution is 2.31. The summed E-state index contributed by atoms with van der Waals surface area (Å²) in [5.41, 5.74) is 0. The summed E-state index contributed by atoms with van der Waals surface area (Å²) in [7, 11) is 0. The van der Waals surface area contributed by atoms with Crippen molar-refractivity contribution in [3.05, 3.63) is 0 Å². The molecule has 3 nitrogen and oxygen atoms in total. The maximum Gasteiger partial charge on any atom is 0.0463 e. The summed E-state index contributed by atoms with van der Waals surface area (Å²) in [6.45, 7) is 4.67. The lowest BCUT2D eigenvalue weighted by Crippen LogP contribution is -2.33. The smallest absolute Gasteiger partial charge is 0.0463 e. The SMILES string of the molecule is CC(C)NC1C[C@@H](CO)[C@@H](CO)C1. The minimum atomic E-state index is 0.210. The Morgan fingerprint density at radius 2 is 1.62 bits per heavy atom. The molecule has 3 heteroatoms. The fourth-order valence-corrected chi connectivity index (χ4v) is 2.27. The van der Waals surface area contributed by atoms with E-state index in [-0.39, 0.29) is 13.2 Å². The van der Waals surface area contributed by atoms with Crippen LogP contribution in [0.3, 0.4) is 0 Å². The van der Waals surface area contributed by atoms with Gasteiger partial charge in [0.15, 0.2) is 0 Å². The van der Waals surface area contributed by atoms with E-state index < -0.39 is 0 Å². The van der Waals surface area contributed by atoms with Crippen LogP contribution >= 0.6 is 0 Å². The predicted octanol–water partition coefficient (Wildman–Crippen LogP) is 0.364. The molecule has 13 heavy (non-hydrogen) atoms. The third kappa shape index (κ3) is 2.93. The first-order valence-electron chi connectivity index (χ1n) is 5.15. The van der Waals surface area contributed by atoms with Crippen LogP contribution in [0, 0.1) is 11.8 Å². The molecule has 0 amide bonds. The van der Waals surface area contributed by atoms with Gasteiger partial charge in [0.05, 0.1) is 0 Å². The second kappa shape index (κ2) is 4.94. The number of aliphatic hydroxyl groups excluding tert-OH is 2. The van der Waals surface area contributed by atoms with Crippen LogP contribution in [0.5, 0.6) is 0 Å². The van der Waals surface area contributed by atoms with Gasteiger partial charge in [0.25, 0.3) is 0 Å². The summed E-state index contributed by atoms with van der Waals surface area (Å²) in [5, 5.41) is 21.6. The van der Waals surface area contributed by atoms with E-state index in [9.17, 15) is 0 Å². The molecule has 1 aliphatic carbocycles. The van der Waals surface area contributed by atoms with Gasteiger partial charge in [-0.2, -0.15) is 0 Å². The Bertz CT molecular complexity index is 138. The monoisotopic (exact) mass is 187 g/mol. The van der Waals surface area contributed by atoms with Gasteiger partial charge >= 0.3 is 0 Å². The number of aliphatic hydroxyl groups is 2. The van der Waals surface area contributed by atoms with Crippen LogP contribution in [0.4, 0.5) is 0 Å². The lowest BCUT2D eigenvalue weighted by Gasteiger charge is -2.15. The molecule has 1 rings (SSSR count). The second-order valence-electron chi connectivity index (χ2n) is 4.38. The molecule has 0 heterocycles. The Labute approximate surface area is 80.2 Å². The maximum atomic E-state index is 9.08. The van der Waals surface area contributed by atoms with Crippen molar-refractivity contribution < 1.29 is 10.2 Å². The van der Waals surface area contributed by atoms with Crippen molar-refractivity contribution >= 4 is 0 Å². The van der Waals surface area contributed by atoms with Crippen molar-refractivity contribution in [3.63, 3.8) is 0 Å². The largest absolute Gasteiger partial charge is 0.396 e. The first-order valence-corrected chi connectivity index (χ1v) is 5.15. The Morgan fingerprint density at radius 1 is 1.15 bits per heavy atom. The standard InChI is InChI=1S/C10H21NO2/c1-7(2)11-10-3-8(5-12)9(4-10)6-13/h7-13H,3-6H2,1-2H3/t8-,9+,10?. The fraction of sp³-hybridized carbons (Fsp3) is 1.00. The van der Waals surface area contributed by atoms with Crippen LogP contribution in [0.15, 0.2) is 0 Å². The van der Waals surface area contributed by atoms with Crippen molar-refractivity contribution in [1.82, 2.24) is 5.32 Å². The summed E-state index contributed by atoms with van der Waals surface area (Å²) in [5.74, 6) is 0.586. The first kappa shape index (κ1) is 11.0. The average molecular weight is 187 g/mol. The molecule has 1 saturated carbocycles. The molecule has 0 radical (unpaired) electrons. The lowest BCUT2D eigenvalue weighted by molar-refractivity contribution is 0.141. The zero-order valence-corrected chi connectivity index (χ0v) is 8.53. The van der Waals surface area contributed by atoms with Crippen molar-refractivity contribution in [2.24, 2.45) is 11.8 Å². The molecule has 78 valence electrons. The van der Waals surface area contributed by atoms with Gasteiger partial charge in [0.1, 0.15) is 0 Å². The summed E-state index contributed by atoms with van der Waals surface area (Å²) in [4.78, 5) is 0. The number of rotatable bonds is 4. The summed E-state index contributed by atoms with van der Waals surface area (Å²) in [6, 6.07) is 0.969. The Morgan fingerprint density at radius 3 is 1.92 bits per heavy atom. The highest BCUT2D eigenvalue weighted by atomic mass is 16.3. The molecular weight excluding hydrogens is 166 g/mol. The fourth-order valence-electron chi connectivity index (χ4n) is 2.27. The van der Waals surface area contributed by atoms with Crippen molar-refractivity contribution in [2.75, 3.05) is 13.2 Å².